The van der Waals surface area contributed by atoms with E-state index in [2.05, 4.69) is 10.6 Å². The molecule has 0 spiro atoms. The molecule has 2 N–H and O–H groups in total. The molecule has 0 fully saturated rings. The van der Waals surface area contributed by atoms with E-state index < -0.39 is 34.6 Å². The quantitative estimate of drug-likeness (QED) is 0.816. The molecule has 0 radical (unpaired) electrons. The SMILES string of the molecule is Cc1ccc(NC(=O)C(C)(C)C(=O)Nc2c(F)cccc2F)cc1C. The van der Waals surface area contributed by atoms with Gasteiger partial charge in [0, 0.05) is 5.69 Å². The molecule has 0 aliphatic carbocycles. The van der Waals surface area contributed by atoms with Crippen LogP contribution in [0.15, 0.2) is 36.4 Å². The van der Waals surface area contributed by atoms with Crippen molar-refractivity contribution in [3.63, 3.8) is 0 Å². The molecule has 0 aromatic heterocycles. The summed E-state index contributed by atoms with van der Waals surface area (Å²) in [6.07, 6.45) is 0. The van der Waals surface area contributed by atoms with Crippen LogP contribution in [0.5, 0.6) is 0 Å². The highest BCUT2D eigenvalue weighted by Crippen LogP contribution is 2.25. The molecule has 2 amide bonds. The lowest BCUT2D eigenvalue weighted by Crippen LogP contribution is -2.42. The second-order valence-electron chi connectivity index (χ2n) is 6.43. The molecular formula is C19H20F2N2O2. The molecule has 25 heavy (non-hydrogen) atoms. The molecular weight excluding hydrogens is 326 g/mol. The van der Waals surface area contributed by atoms with Crippen LogP contribution >= 0.6 is 0 Å². The lowest BCUT2D eigenvalue weighted by atomic mass is 9.90. The molecule has 0 heterocycles. The molecule has 0 unspecified atom stereocenters. The predicted molar refractivity (Wildman–Crippen MR) is 93.3 cm³/mol. The van der Waals surface area contributed by atoms with E-state index in [1.165, 1.54) is 19.9 Å². The van der Waals surface area contributed by atoms with Crippen LogP contribution in [0.25, 0.3) is 0 Å². The Bertz CT molecular complexity index is 812. The van der Waals surface area contributed by atoms with Gasteiger partial charge < -0.3 is 10.6 Å². The predicted octanol–water partition coefficient (Wildman–Crippen LogP) is 4.19. The first-order valence-corrected chi connectivity index (χ1v) is 7.77. The van der Waals surface area contributed by atoms with E-state index in [1.54, 1.807) is 12.1 Å². The summed E-state index contributed by atoms with van der Waals surface area (Å²) in [4.78, 5) is 24.9. The van der Waals surface area contributed by atoms with Crippen molar-refractivity contribution in [2.24, 2.45) is 5.41 Å². The van der Waals surface area contributed by atoms with E-state index in [9.17, 15) is 18.4 Å². The number of carbonyl (C=O) groups is 2. The first-order valence-electron chi connectivity index (χ1n) is 7.77. The van der Waals surface area contributed by atoms with Crippen molar-refractivity contribution in [3.05, 3.63) is 59.2 Å². The zero-order valence-electron chi connectivity index (χ0n) is 14.5. The van der Waals surface area contributed by atoms with Crippen LogP contribution in [-0.4, -0.2) is 11.8 Å². The fraction of sp³-hybridized carbons (Fsp3) is 0.263. The van der Waals surface area contributed by atoms with Crippen molar-refractivity contribution in [2.75, 3.05) is 10.6 Å². The number of halogens is 2. The Labute approximate surface area is 145 Å². The maximum Gasteiger partial charge on any atom is 0.239 e. The number of anilines is 2. The minimum atomic E-state index is -1.53. The summed E-state index contributed by atoms with van der Waals surface area (Å²) in [5.74, 6) is -3.19. The summed E-state index contributed by atoms with van der Waals surface area (Å²) in [5, 5.41) is 4.82. The van der Waals surface area contributed by atoms with E-state index in [-0.39, 0.29) is 0 Å². The van der Waals surface area contributed by atoms with Gasteiger partial charge in [-0.2, -0.15) is 0 Å². The molecule has 2 aromatic rings. The van der Waals surface area contributed by atoms with E-state index in [4.69, 9.17) is 0 Å². The molecule has 2 aromatic carbocycles. The van der Waals surface area contributed by atoms with Gasteiger partial charge in [-0.25, -0.2) is 8.78 Å². The second-order valence-corrected chi connectivity index (χ2v) is 6.43. The largest absolute Gasteiger partial charge is 0.325 e. The lowest BCUT2D eigenvalue weighted by Gasteiger charge is -2.23. The summed E-state index contributed by atoms with van der Waals surface area (Å²) in [6.45, 7) is 6.62. The smallest absolute Gasteiger partial charge is 0.239 e. The zero-order valence-corrected chi connectivity index (χ0v) is 14.5. The van der Waals surface area contributed by atoms with Crippen LogP contribution < -0.4 is 10.6 Å². The van der Waals surface area contributed by atoms with Gasteiger partial charge in [-0.1, -0.05) is 12.1 Å². The van der Waals surface area contributed by atoms with Gasteiger partial charge in [0.25, 0.3) is 0 Å². The third kappa shape index (κ3) is 4.02. The molecule has 0 saturated heterocycles. The van der Waals surface area contributed by atoms with Gasteiger partial charge in [-0.15, -0.1) is 0 Å². The van der Waals surface area contributed by atoms with Crippen LogP contribution in [0.2, 0.25) is 0 Å². The molecule has 4 nitrogen and oxygen atoms in total. The van der Waals surface area contributed by atoms with Gasteiger partial charge in [0.1, 0.15) is 22.7 Å². The molecule has 2 rings (SSSR count). The van der Waals surface area contributed by atoms with Crippen molar-refractivity contribution in [3.8, 4) is 0 Å². The highest BCUT2D eigenvalue weighted by molar-refractivity contribution is 6.14. The average Bonchev–Trinajstić information content (AvgIpc) is 2.54. The maximum absolute atomic E-state index is 13.7. The number of hydrogen-bond donors (Lipinski definition) is 2. The third-order valence-electron chi connectivity index (χ3n) is 4.10. The third-order valence-corrected chi connectivity index (χ3v) is 4.10. The fourth-order valence-corrected chi connectivity index (χ4v) is 2.10. The van der Waals surface area contributed by atoms with E-state index in [0.717, 1.165) is 23.3 Å². The Balaban J connectivity index is 2.17. The maximum atomic E-state index is 13.7. The van der Waals surface area contributed by atoms with Gasteiger partial charge in [0.05, 0.1) is 0 Å². The van der Waals surface area contributed by atoms with Crippen LogP contribution in [0, 0.1) is 30.9 Å². The van der Waals surface area contributed by atoms with Crippen molar-refractivity contribution in [1.82, 2.24) is 0 Å². The number of para-hydroxylation sites is 1. The summed E-state index contributed by atoms with van der Waals surface area (Å²) in [7, 11) is 0. The van der Waals surface area contributed by atoms with E-state index in [0.29, 0.717) is 5.69 Å². The highest BCUT2D eigenvalue weighted by atomic mass is 19.1. The van der Waals surface area contributed by atoms with Crippen LogP contribution in [0.3, 0.4) is 0 Å². The number of benzene rings is 2. The topological polar surface area (TPSA) is 58.2 Å². The Kier molecular flexibility index (Phi) is 5.21. The fourth-order valence-electron chi connectivity index (χ4n) is 2.10. The number of nitrogens with one attached hydrogen (secondary N) is 2. The van der Waals surface area contributed by atoms with Gasteiger partial charge in [-0.05, 0) is 63.1 Å². The van der Waals surface area contributed by atoms with E-state index in [1.807, 2.05) is 19.9 Å². The van der Waals surface area contributed by atoms with Crippen molar-refractivity contribution in [2.45, 2.75) is 27.7 Å². The average molecular weight is 346 g/mol. The summed E-state index contributed by atoms with van der Waals surface area (Å²) < 4.78 is 27.3. The number of hydrogen-bond acceptors (Lipinski definition) is 2. The normalized spacial score (nSPS) is 11.1. The van der Waals surface area contributed by atoms with Crippen molar-refractivity contribution >= 4 is 23.2 Å². The van der Waals surface area contributed by atoms with Crippen LogP contribution in [0.4, 0.5) is 20.2 Å². The number of aryl methyl sites for hydroxylation is 2. The minimum Gasteiger partial charge on any atom is -0.325 e. The van der Waals surface area contributed by atoms with Gasteiger partial charge in [-0.3, -0.25) is 9.59 Å². The second kappa shape index (κ2) is 7.01. The Morgan fingerprint density at radius 2 is 1.44 bits per heavy atom. The first kappa shape index (κ1) is 18.6. The van der Waals surface area contributed by atoms with Gasteiger partial charge in [0.15, 0.2) is 0 Å². The van der Waals surface area contributed by atoms with Crippen LogP contribution in [0.1, 0.15) is 25.0 Å². The summed E-state index contributed by atoms with van der Waals surface area (Å²) in [6, 6.07) is 8.62. The Morgan fingerprint density at radius 1 is 0.880 bits per heavy atom. The van der Waals surface area contributed by atoms with E-state index >= 15 is 0 Å². The molecule has 0 atom stereocenters. The molecule has 0 saturated carbocycles. The zero-order chi connectivity index (χ0) is 18.8. The summed E-state index contributed by atoms with van der Waals surface area (Å²) in [5.41, 5.74) is 0.511. The summed E-state index contributed by atoms with van der Waals surface area (Å²) >= 11 is 0. The molecule has 132 valence electrons. The van der Waals surface area contributed by atoms with Crippen molar-refractivity contribution < 1.29 is 18.4 Å². The number of amides is 2. The van der Waals surface area contributed by atoms with Gasteiger partial charge >= 0.3 is 0 Å². The Morgan fingerprint density at radius 3 is 2.00 bits per heavy atom. The molecule has 0 bridgehead atoms. The standard InChI is InChI=1S/C19H20F2N2O2/c1-11-8-9-13(10-12(11)2)22-17(24)19(3,4)18(25)23-16-14(20)6-5-7-15(16)21/h5-10H,1-4H3,(H,22,24)(H,23,25). The first-order chi connectivity index (χ1) is 11.6. The monoisotopic (exact) mass is 346 g/mol. The van der Waals surface area contributed by atoms with Crippen molar-refractivity contribution in [1.29, 1.82) is 0 Å². The lowest BCUT2D eigenvalue weighted by molar-refractivity contribution is -0.135. The minimum absolute atomic E-state index is 0.547. The molecule has 0 aliphatic heterocycles. The number of carbonyl (C=O) groups excluding carboxylic acids is 2. The number of rotatable bonds is 4. The highest BCUT2D eigenvalue weighted by Gasteiger charge is 2.37. The Hall–Kier alpha value is -2.76. The molecule has 6 heteroatoms. The van der Waals surface area contributed by atoms with Gasteiger partial charge in [0.2, 0.25) is 11.8 Å². The van der Waals surface area contributed by atoms with Crippen LogP contribution in [-0.2, 0) is 9.59 Å². The molecule has 0 aliphatic rings.